The summed E-state index contributed by atoms with van der Waals surface area (Å²) in [5, 5.41) is 0. The van der Waals surface area contributed by atoms with Gasteiger partial charge in [-0.25, -0.2) is 0 Å². The molecule has 0 bridgehead atoms. The zero-order valence-electron chi connectivity index (χ0n) is 11.1. The highest BCUT2D eigenvalue weighted by Crippen LogP contribution is 2.39. The van der Waals surface area contributed by atoms with Crippen molar-refractivity contribution in [3.05, 3.63) is 11.6 Å². The Morgan fingerprint density at radius 3 is 2.89 bits per heavy atom. The fourth-order valence-corrected chi connectivity index (χ4v) is 2.89. The summed E-state index contributed by atoms with van der Waals surface area (Å²) in [5.41, 5.74) is 1.11. The predicted molar refractivity (Wildman–Crippen MR) is 65.6 cm³/mol. The van der Waals surface area contributed by atoms with Crippen LogP contribution >= 0.6 is 0 Å². The van der Waals surface area contributed by atoms with E-state index in [0.29, 0.717) is 6.42 Å². The minimum Gasteiger partial charge on any atom is -0.469 e. The van der Waals surface area contributed by atoms with Crippen molar-refractivity contribution in [2.24, 2.45) is 17.8 Å². The lowest BCUT2D eigenvalue weighted by Gasteiger charge is -2.18. The van der Waals surface area contributed by atoms with Crippen LogP contribution in [-0.4, -0.2) is 25.2 Å². The lowest BCUT2D eigenvalue weighted by atomic mass is 9.87. The van der Waals surface area contributed by atoms with Crippen molar-refractivity contribution in [1.29, 1.82) is 0 Å². The Kier molecular flexibility index (Phi) is 3.73. The molecule has 0 saturated carbocycles. The topological polar surface area (TPSA) is 52.6 Å². The molecule has 0 aromatic heterocycles. The number of hydrogen-bond acceptors (Lipinski definition) is 4. The highest BCUT2D eigenvalue weighted by molar-refractivity contribution is 5.75. The smallest absolute Gasteiger partial charge is 0.309 e. The van der Waals surface area contributed by atoms with E-state index in [1.807, 2.05) is 6.92 Å². The van der Waals surface area contributed by atoms with Crippen molar-refractivity contribution in [1.82, 2.24) is 0 Å². The van der Waals surface area contributed by atoms with Crippen molar-refractivity contribution in [3.8, 4) is 0 Å². The number of methoxy groups -OCH3 is 1. The molecule has 1 aliphatic carbocycles. The van der Waals surface area contributed by atoms with Gasteiger partial charge >= 0.3 is 11.9 Å². The van der Waals surface area contributed by atoms with Crippen LogP contribution in [0.4, 0.5) is 0 Å². The van der Waals surface area contributed by atoms with E-state index in [-0.39, 0.29) is 35.8 Å². The Morgan fingerprint density at radius 1 is 1.50 bits per heavy atom. The summed E-state index contributed by atoms with van der Waals surface area (Å²) in [6.45, 7) is 4.00. The van der Waals surface area contributed by atoms with Crippen LogP contribution in [0.1, 0.15) is 33.1 Å². The maximum absolute atomic E-state index is 11.5. The molecule has 0 N–H and O–H groups in total. The van der Waals surface area contributed by atoms with Crippen LogP contribution in [0.25, 0.3) is 0 Å². The van der Waals surface area contributed by atoms with Gasteiger partial charge in [-0.2, -0.15) is 0 Å². The molecule has 0 spiro atoms. The fourth-order valence-electron chi connectivity index (χ4n) is 2.89. The number of carbonyl (C=O) groups is 2. The number of fused-ring (bicyclic) bond motifs is 1. The molecule has 18 heavy (non-hydrogen) atoms. The largest absolute Gasteiger partial charge is 0.469 e. The highest BCUT2D eigenvalue weighted by Gasteiger charge is 2.43. The molecule has 100 valence electrons. The van der Waals surface area contributed by atoms with Gasteiger partial charge in [0.15, 0.2) is 0 Å². The highest BCUT2D eigenvalue weighted by atomic mass is 16.6. The molecule has 2 rings (SSSR count). The first kappa shape index (κ1) is 13.1. The van der Waals surface area contributed by atoms with Crippen LogP contribution in [0.5, 0.6) is 0 Å². The number of allylic oxidation sites excluding steroid dienone is 1. The Balaban J connectivity index is 2.10. The zero-order chi connectivity index (χ0) is 13.3. The maximum Gasteiger partial charge on any atom is 0.309 e. The Labute approximate surface area is 107 Å². The molecule has 4 unspecified atom stereocenters. The summed E-state index contributed by atoms with van der Waals surface area (Å²) in [5.74, 6) is 0.204. The quantitative estimate of drug-likeness (QED) is 0.558. The molecule has 1 saturated heterocycles. The normalized spacial score (nSPS) is 35.3. The molecule has 0 aromatic carbocycles. The molecular formula is C14H20O4. The summed E-state index contributed by atoms with van der Waals surface area (Å²) >= 11 is 0. The summed E-state index contributed by atoms with van der Waals surface area (Å²) in [7, 11) is 1.41. The van der Waals surface area contributed by atoms with Crippen molar-refractivity contribution >= 4 is 11.9 Å². The monoisotopic (exact) mass is 252 g/mol. The van der Waals surface area contributed by atoms with Gasteiger partial charge < -0.3 is 9.47 Å². The van der Waals surface area contributed by atoms with Gasteiger partial charge in [-0.1, -0.05) is 25.5 Å². The second kappa shape index (κ2) is 5.12. The van der Waals surface area contributed by atoms with Crippen LogP contribution in [0, 0.1) is 17.8 Å². The fraction of sp³-hybridized carbons (Fsp3) is 0.714. The molecule has 4 heteroatoms. The van der Waals surface area contributed by atoms with Crippen LogP contribution in [0.2, 0.25) is 0 Å². The van der Waals surface area contributed by atoms with E-state index in [1.165, 1.54) is 7.11 Å². The van der Waals surface area contributed by atoms with Crippen LogP contribution in [0.15, 0.2) is 11.6 Å². The van der Waals surface area contributed by atoms with Gasteiger partial charge in [0.2, 0.25) is 0 Å². The van der Waals surface area contributed by atoms with Gasteiger partial charge in [0.1, 0.15) is 6.10 Å². The molecule has 0 amide bonds. The summed E-state index contributed by atoms with van der Waals surface area (Å²) < 4.78 is 10.1. The van der Waals surface area contributed by atoms with Gasteiger partial charge in [-0.3, -0.25) is 9.59 Å². The molecule has 4 atom stereocenters. The van der Waals surface area contributed by atoms with E-state index in [2.05, 4.69) is 13.0 Å². The van der Waals surface area contributed by atoms with Gasteiger partial charge in [0, 0.05) is 5.92 Å². The third-order valence-corrected chi connectivity index (χ3v) is 4.21. The predicted octanol–water partition coefficient (Wildman–Crippen LogP) is 2.08. The first-order valence-electron chi connectivity index (χ1n) is 6.49. The number of rotatable bonds is 2. The molecule has 1 heterocycles. The second-order valence-corrected chi connectivity index (χ2v) is 5.33. The van der Waals surface area contributed by atoms with Gasteiger partial charge in [-0.05, 0) is 18.8 Å². The van der Waals surface area contributed by atoms with Crippen molar-refractivity contribution < 1.29 is 19.1 Å². The second-order valence-electron chi connectivity index (χ2n) is 5.33. The van der Waals surface area contributed by atoms with Gasteiger partial charge in [0.25, 0.3) is 0 Å². The third kappa shape index (κ3) is 2.42. The minimum absolute atomic E-state index is 0.00824. The van der Waals surface area contributed by atoms with Crippen molar-refractivity contribution in [2.75, 3.05) is 7.11 Å². The standard InChI is InChI=1S/C14H20O4/c1-8-6-12-11(9(2)14(16)18-12)5-4-10(8)7-13(15)17-3/h4,8-9,11-12H,5-7H2,1-3H3. The third-order valence-electron chi connectivity index (χ3n) is 4.21. The molecule has 1 fully saturated rings. The Hall–Kier alpha value is -1.32. The van der Waals surface area contributed by atoms with Crippen LogP contribution in [-0.2, 0) is 19.1 Å². The van der Waals surface area contributed by atoms with E-state index >= 15 is 0 Å². The Morgan fingerprint density at radius 2 is 2.22 bits per heavy atom. The van der Waals surface area contributed by atoms with E-state index < -0.39 is 0 Å². The van der Waals surface area contributed by atoms with Crippen LogP contribution < -0.4 is 0 Å². The maximum atomic E-state index is 11.5. The average Bonchev–Trinajstić information content (AvgIpc) is 2.51. The van der Waals surface area contributed by atoms with E-state index in [9.17, 15) is 9.59 Å². The minimum atomic E-state index is -0.204. The SMILES string of the molecule is COC(=O)CC1=CCC2C(CC1C)OC(=O)C2C. The summed E-state index contributed by atoms with van der Waals surface area (Å²) in [6, 6.07) is 0. The number of carbonyl (C=O) groups excluding carboxylic acids is 2. The first-order valence-corrected chi connectivity index (χ1v) is 6.49. The lowest BCUT2D eigenvalue weighted by molar-refractivity contribution is -0.144. The molecule has 0 aromatic rings. The van der Waals surface area contributed by atoms with Crippen LogP contribution in [0.3, 0.4) is 0 Å². The summed E-state index contributed by atoms with van der Waals surface area (Å²) in [4.78, 5) is 22.9. The van der Waals surface area contributed by atoms with E-state index in [4.69, 9.17) is 9.47 Å². The van der Waals surface area contributed by atoms with Crippen molar-refractivity contribution in [2.45, 2.75) is 39.2 Å². The van der Waals surface area contributed by atoms with E-state index in [0.717, 1.165) is 18.4 Å². The number of esters is 2. The first-order chi connectivity index (χ1) is 8.52. The number of hydrogen-bond donors (Lipinski definition) is 0. The average molecular weight is 252 g/mol. The van der Waals surface area contributed by atoms with Gasteiger partial charge in [0.05, 0.1) is 19.4 Å². The molecular weight excluding hydrogens is 232 g/mol. The molecule has 2 aliphatic rings. The lowest BCUT2D eigenvalue weighted by Crippen LogP contribution is -2.19. The van der Waals surface area contributed by atoms with Crippen molar-refractivity contribution in [3.63, 3.8) is 0 Å². The molecule has 0 radical (unpaired) electrons. The molecule has 4 nitrogen and oxygen atoms in total. The Bertz CT molecular complexity index is 385. The zero-order valence-corrected chi connectivity index (χ0v) is 11.1. The molecule has 1 aliphatic heterocycles. The number of ether oxygens (including phenoxy) is 2. The summed E-state index contributed by atoms with van der Waals surface area (Å²) in [6.07, 6.45) is 4.08. The van der Waals surface area contributed by atoms with E-state index in [1.54, 1.807) is 0 Å². The van der Waals surface area contributed by atoms with Gasteiger partial charge in [-0.15, -0.1) is 0 Å².